The molecule has 2 atom stereocenters. The molecule has 0 heterocycles. The maximum Gasteiger partial charge on any atom is 0.244 e. The molecule has 0 spiro atoms. The number of benzene rings is 2. The molecule has 1 N–H and O–H groups in total. The van der Waals surface area contributed by atoms with Crippen LogP contribution >= 0.6 is 0 Å². The van der Waals surface area contributed by atoms with E-state index in [-0.39, 0.29) is 11.7 Å². The van der Waals surface area contributed by atoms with Crippen LogP contribution in [0, 0.1) is 19.7 Å². The van der Waals surface area contributed by atoms with Gasteiger partial charge in [0.25, 0.3) is 0 Å². The molecule has 0 saturated carbocycles. The number of anilines is 1. The number of halogens is 1. The number of carbonyl (C=O) groups is 1. The number of hydrogen-bond donors (Lipinski definition) is 1. The zero-order valence-electron chi connectivity index (χ0n) is 16.2. The van der Waals surface area contributed by atoms with Gasteiger partial charge in [-0.25, -0.2) is 12.8 Å². The Bertz CT molecular complexity index is 944. The predicted octanol–water partition coefficient (Wildman–Crippen LogP) is 3.47. The Morgan fingerprint density at radius 2 is 1.74 bits per heavy atom. The molecular weight excluding hydrogens is 367 g/mol. The Morgan fingerprint density at radius 1 is 1.07 bits per heavy atom. The lowest BCUT2D eigenvalue weighted by molar-refractivity contribution is -0.122. The Morgan fingerprint density at radius 3 is 2.30 bits per heavy atom. The van der Waals surface area contributed by atoms with Crippen molar-refractivity contribution in [1.82, 2.24) is 5.32 Å². The smallest absolute Gasteiger partial charge is 0.244 e. The Labute approximate surface area is 160 Å². The standard InChI is InChI=1S/C20H25FN2O3S/c1-13-9-10-17(11-14(13)2)15(3)22-20(24)16(4)23(27(5,25)26)19-8-6-7-18(21)12-19/h6-12,15-16H,1-5H3,(H,22,24). The maximum absolute atomic E-state index is 13.6. The molecule has 0 radical (unpaired) electrons. The molecule has 0 aliphatic heterocycles. The third-order valence-corrected chi connectivity index (χ3v) is 5.78. The molecule has 0 aliphatic rings. The second-order valence-corrected chi connectivity index (χ2v) is 8.65. The summed E-state index contributed by atoms with van der Waals surface area (Å²) < 4.78 is 39.0. The second kappa shape index (κ2) is 8.08. The number of rotatable bonds is 6. The van der Waals surface area contributed by atoms with Crippen LogP contribution in [0.2, 0.25) is 0 Å². The third kappa shape index (κ3) is 5.07. The first-order valence-electron chi connectivity index (χ1n) is 8.63. The van der Waals surface area contributed by atoms with E-state index in [0.717, 1.165) is 33.3 Å². The van der Waals surface area contributed by atoms with Crippen LogP contribution in [-0.2, 0) is 14.8 Å². The van der Waals surface area contributed by atoms with Crippen LogP contribution in [0.25, 0.3) is 0 Å². The molecule has 1 amide bonds. The monoisotopic (exact) mass is 392 g/mol. The number of nitrogens with one attached hydrogen (secondary N) is 1. The van der Waals surface area contributed by atoms with Crippen molar-refractivity contribution >= 4 is 21.6 Å². The quantitative estimate of drug-likeness (QED) is 0.819. The van der Waals surface area contributed by atoms with Gasteiger partial charge in [-0.2, -0.15) is 0 Å². The summed E-state index contributed by atoms with van der Waals surface area (Å²) in [6, 6.07) is 9.75. The zero-order valence-corrected chi connectivity index (χ0v) is 17.0. The number of sulfonamides is 1. The van der Waals surface area contributed by atoms with Gasteiger partial charge >= 0.3 is 0 Å². The third-order valence-electron chi connectivity index (χ3n) is 4.54. The number of hydrogen-bond acceptors (Lipinski definition) is 3. The predicted molar refractivity (Wildman–Crippen MR) is 106 cm³/mol. The Balaban J connectivity index is 2.25. The zero-order chi connectivity index (χ0) is 20.4. The van der Waals surface area contributed by atoms with Gasteiger partial charge in [0, 0.05) is 0 Å². The molecule has 5 nitrogen and oxygen atoms in total. The van der Waals surface area contributed by atoms with E-state index in [0.29, 0.717) is 0 Å². The fourth-order valence-corrected chi connectivity index (χ4v) is 4.04. The van der Waals surface area contributed by atoms with Crippen molar-refractivity contribution in [2.24, 2.45) is 0 Å². The van der Waals surface area contributed by atoms with E-state index in [4.69, 9.17) is 0 Å². The van der Waals surface area contributed by atoms with Crippen molar-refractivity contribution in [2.45, 2.75) is 39.8 Å². The number of nitrogens with zero attached hydrogens (tertiary/aromatic N) is 1. The van der Waals surface area contributed by atoms with Crippen molar-refractivity contribution in [1.29, 1.82) is 0 Å². The van der Waals surface area contributed by atoms with Crippen LogP contribution < -0.4 is 9.62 Å². The average Bonchev–Trinajstić information content (AvgIpc) is 2.56. The van der Waals surface area contributed by atoms with Gasteiger partial charge in [-0.15, -0.1) is 0 Å². The minimum absolute atomic E-state index is 0.110. The first-order valence-corrected chi connectivity index (χ1v) is 10.5. The first-order chi connectivity index (χ1) is 12.5. The summed E-state index contributed by atoms with van der Waals surface area (Å²) in [6.45, 7) is 7.31. The first kappa shape index (κ1) is 20.9. The SMILES string of the molecule is Cc1ccc(C(C)NC(=O)C(C)N(c2cccc(F)c2)S(C)(=O)=O)cc1C. The highest BCUT2D eigenvalue weighted by Crippen LogP contribution is 2.23. The van der Waals surface area contributed by atoms with Gasteiger partial charge in [0.2, 0.25) is 15.9 Å². The maximum atomic E-state index is 13.6. The number of carbonyl (C=O) groups excluding carboxylic acids is 1. The fraction of sp³-hybridized carbons (Fsp3) is 0.350. The van der Waals surface area contributed by atoms with Crippen LogP contribution in [0.3, 0.4) is 0 Å². The van der Waals surface area contributed by atoms with Gasteiger partial charge in [-0.1, -0.05) is 24.3 Å². The van der Waals surface area contributed by atoms with E-state index < -0.39 is 27.8 Å². The van der Waals surface area contributed by atoms with E-state index in [1.807, 2.05) is 39.0 Å². The Kier molecular flexibility index (Phi) is 6.26. The van der Waals surface area contributed by atoms with Gasteiger partial charge in [-0.3, -0.25) is 9.10 Å². The number of amides is 1. The van der Waals surface area contributed by atoms with Crippen molar-refractivity contribution in [3.05, 3.63) is 65.0 Å². The summed E-state index contributed by atoms with van der Waals surface area (Å²) in [6.07, 6.45) is 0.994. The fourth-order valence-electron chi connectivity index (χ4n) is 2.87. The molecule has 0 saturated heterocycles. The summed E-state index contributed by atoms with van der Waals surface area (Å²) in [4.78, 5) is 12.7. The highest BCUT2D eigenvalue weighted by Gasteiger charge is 2.30. The van der Waals surface area contributed by atoms with Gasteiger partial charge in [-0.05, 0) is 62.6 Å². The topological polar surface area (TPSA) is 66.5 Å². The largest absolute Gasteiger partial charge is 0.348 e. The number of aryl methyl sites for hydroxylation is 2. The molecule has 146 valence electrons. The summed E-state index contributed by atoms with van der Waals surface area (Å²) in [5.41, 5.74) is 3.30. The lowest BCUT2D eigenvalue weighted by Crippen LogP contribution is -2.48. The van der Waals surface area contributed by atoms with Crippen molar-refractivity contribution in [2.75, 3.05) is 10.6 Å². The van der Waals surface area contributed by atoms with Crippen LogP contribution in [-0.4, -0.2) is 26.6 Å². The van der Waals surface area contributed by atoms with Gasteiger partial charge < -0.3 is 5.32 Å². The molecule has 7 heteroatoms. The second-order valence-electron chi connectivity index (χ2n) is 6.79. The summed E-state index contributed by atoms with van der Waals surface area (Å²) >= 11 is 0. The van der Waals surface area contributed by atoms with Crippen LogP contribution in [0.4, 0.5) is 10.1 Å². The van der Waals surface area contributed by atoms with E-state index in [1.165, 1.54) is 25.1 Å². The van der Waals surface area contributed by atoms with Gasteiger partial charge in [0.05, 0.1) is 18.0 Å². The molecular formula is C20H25FN2O3S. The van der Waals surface area contributed by atoms with E-state index >= 15 is 0 Å². The van der Waals surface area contributed by atoms with Crippen molar-refractivity contribution in [3.8, 4) is 0 Å². The minimum Gasteiger partial charge on any atom is -0.348 e. The average molecular weight is 392 g/mol. The van der Waals surface area contributed by atoms with Crippen molar-refractivity contribution in [3.63, 3.8) is 0 Å². The van der Waals surface area contributed by atoms with Crippen LogP contribution in [0.5, 0.6) is 0 Å². The van der Waals surface area contributed by atoms with E-state index in [9.17, 15) is 17.6 Å². The molecule has 0 bridgehead atoms. The molecule has 2 unspecified atom stereocenters. The normalized spacial score (nSPS) is 13.7. The molecule has 2 aromatic carbocycles. The molecule has 2 rings (SSSR count). The summed E-state index contributed by atoms with van der Waals surface area (Å²) in [7, 11) is -3.79. The minimum atomic E-state index is -3.79. The lowest BCUT2D eigenvalue weighted by atomic mass is 10.0. The summed E-state index contributed by atoms with van der Waals surface area (Å²) in [5.74, 6) is -1.03. The summed E-state index contributed by atoms with van der Waals surface area (Å²) in [5, 5.41) is 2.84. The molecule has 27 heavy (non-hydrogen) atoms. The molecule has 0 fully saturated rings. The molecule has 2 aromatic rings. The lowest BCUT2D eigenvalue weighted by Gasteiger charge is -2.29. The van der Waals surface area contributed by atoms with Crippen molar-refractivity contribution < 1.29 is 17.6 Å². The van der Waals surface area contributed by atoms with Crippen LogP contribution in [0.1, 0.15) is 36.6 Å². The van der Waals surface area contributed by atoms with Crippen LogP contribution in [0.15, 0.2) is 42.5 Å². The Hall–Kier alpha value is -2.41. The van der Waals surface area contributed by atoms with E-state index in [1.54, 1.807) is 0 Å². The van der Waals surface area contributed by atoms with Gasteiger partial charge in [0.15, 0.2) is 0 Å². The highest BCUT2D eigenvalue weighted by atomic mass is 32.2. The molecule has 0 aromatic heterocycles. The van der Waals surface area contributed by atoms with Gasteiger partial charge in [0.1, 0.15) is 11.9 Å². The highest BCUT2D eigenvalue weighted by molar-refractivity contribution is 7.92. The van der Waals surface area contributed by atoms with E-state index in [2.05, 4.69) is 5.32 Å². The molecule has 0 aliphatic carbocycles.